The van der Waals surface area contributed by atoms with E-state index in [1.165, 1.54) is 6.07 Å². The van der Waals surface area contributed by atoms with Gasteiger partial charge in [-0.2, -0.15) is 0 Å². The highest BCUT2D eigenvalue weighted by Gasteiger charge is 2.02. The number of hydrogen-bond acceptors (Lipinski definition) is 2. The van der Waals surface area contributed by atoms with Crippen LogP contribution in [0, 0.1) is 5.82 Å². The van der Waals surface area contributed by atoms with E-state index in [-0.39, 0.29) is 5.82 Å². The van der Waals surface area contributed by atoms with Gasteiger partial charge < -0.3 is 11.1 Å². The van der Waals surface area contributed by atoms with Crippen LogP contribution in [-0.2, 0) is 6.54 Å². The highest BCUT2D eigenvalue weighted by atomic mass is 79.9. The lowest BCUT2D eigenvalue weighted by molar-refractivity contribution is 0.631. The number of nitrogens with one attached hydrogen (secondary N) is 1. The molecule has 0 aliphatic rings. The van der Waals surface area contributed by atoms with Crippen LogP contribution in [0.1, 0.15) is 5.56 Å². The second-order valence-electron chi connectivity index (χ2n) is 3.72. The van der Waals surface area contributed by atoms with Gasteiger partial charge in [-0.1, -0.05) is 28.1 Å². The van der Waals surface area contributed by atoms with Crippen LogP contribution in [0.25, 0.3) is 0 Å². The number of nitrogen functional groups attached to an aromatic ring is 1. The van der Waals surface area contributed by atoms with Gasteiger partial charge in [-0.15, -0.1) is 0 Å². The molecule has 2 rings (SSSR count). The van der Waals surface area contributed by atoms with Gasteiger partial charge in [0.15, 0.2) is 0 Å². The SMILES string of the molecule is Nc1ccc(NCc2cccc(Br)c2)c(F)c1. The molecule has 0 aliphatic carbocycles. The number of nitrogens with two attached hydrogens (primary N) is 1. The third kappa shape index (κ3) is 3.20. The zero-order valence-corrected chi connectivity index (χ0v) is 10.7. The second kappa shape index (κ2) is 5.19. The first-order chi connectivity index (χ1) is 8.15. The van der Waals surface area contributed by atoms with Crippen molar-refractivity contribution in [3.05, 3.63) is 58.3 Å². The Labute approximate surface area is 108 Å². The minimum Gasteiger partial charge on any atom is -0.399 e. The fraction of sp³-hybridized carbons (Fsp3) is 0.0769. The molecule has 0 atom stereocenters. The number of anilines is 2. The first-order valence-corrected chi connectivity index (χ1v) is 5.98. The van der Waals surface area contributed by atoms with Crippen molar-refractivity contribution in [3.8, 4) is 0 Å². The highest BCUT2D eigenvalue weighted by molar-refractivity contribution is 9.10. The lowest BCUT2D eigenvalue weighted by Gasteiger charge is -2.08. The largest absolute Gasteiger partial charge is 0.399 e. The van der Waals surface area contributed by atoms with E-state index in [0.29, 0.717) is 17.9 Å². The van der Waals surface area contributed by atoms with Crippen molar-refractivity contribution in [2.24, 2.45) is 0 Å². The van der Waals surface area contributed by atoms with Crippen LogP contribution >= 0.6 is 15.9 Å². The third-order valence-electron chi connectivity index (χ3n) is 2.37. The van der Waals surface area contributed by atoms with Crippen molar-refractivity contribution in [1.82, 2.24) is 0 Å². The van der Waals surface area contributed by atoms with Crippen molar-refractivity contribution in [1.29, 1.82) is 0 Å². The Morgan fingerprint density at radius 1 is 1.18 bits per heavy atom. The standard InChI is InChI=1S/C13H12BrFN2/c14-10-3-1-2-9(6-10)8-17-13-5-4-11(16)7-12(13)15/h1-7,17H,8,16H2. The Balaban J connectivity index is 2.07. The third-order valence-corrected chi connectivity index (χ3v) is 2.86. The predicted molar refractivity (Wildman–Crippen MR) is 72.3 cm³/mol. The quantitative estimate of drug-likeness (QED) is 0.846. The first kappa shape index (κ1) is 11.9. The van der Waals surface area contributed by atoms with E-state index in [0.717, 1.165) is 10.0 Å². The van der Waals surface area contributed by atoms with Gasteiger partial charge in [0.25, 0.3) is 0 Å². The second-order valence-corrected chi connectivity index (χ2v) is 4.64. The van der Waals surface area contributed by atoms with Gasteiger partial charge in [0, 0.05) is 16.7 Å². The van der Waals surface area contributed by atoms with Crippen molar-refractivity contribution in [2.75, 3.05) is 11.1 Å². The first-order valence-electron chi connectivity index (χ1n) is 5.18. The van der Waals surface area contributed by atoms with Gasteiger partial charge >= 0.3 is 0 Å². The number of halogens is 2. The van der Waals surface area contributed by atoms with E-state index in [2.05, 4.69) is 21.2 Å². The van der Waals surface area contributed by atoms with Crippen LogP contribution in [-0.4, -0.2) is 0 Å². The van der Waals surface area contributed by atoms with Gasteiger partial charge in [0.1, 0.15) is 5.82 Å². The molecule has 0 bridgehead atoms. The Hall–Kier alpha value is -1.55. The van der Waals surface area contributed by atoms with Crippen molar-refractivity contribution in [3.63, 3.8) is 0 Å². The van der Waals surface area contributed by atoms with E-state index in [1.54, 1.807) is 12.1 Å². The maximum atomic E-state index is 13.5. The van der Waals surface area contributed by atoms with Gasteiger partial charge in [-0.25, -0.2) is 4.39 Å². The zero-order valence-electron chi connectivity index (χ0n) is 9.08. The Morgan fingerprint density at radius 2 is 2.00 bits per heavy atom. The summed E-state index contributed by atoms with van der Waals surface area (Å²) in [5.41, 5.74) is 7.44. The maximum absolute atomic E-state index is 13.5. The van der Waals surface area contributed by atoms with Crippen LogP contribution in [0.3, 0.4) is 0 Å². The summed E-state index contributed by atoms with van der Waals surface area (Å²) < 4.78 is 14.5. The number of rotatable bonds is 3. The van der Waals surface area contributed by atoms with E-state index in [1.807, 2.05) is 24.3 Å². The smallest absolute Gasteiger partial charge is 0.148 e. The van der Waals surface area contributed by atoms with Gasteiger partial charge in [0.2, 0.25) is 0 Å². The fourth-order valence-electron chi connectivity index (χ4n) is 1.52. The molecule has 0 amide bonds. The summed E-state index contributed by atoms with van der Waals surface area (Å²) in [6.45, 7) is 0.570. The molecule has 3 N–H and O–H groups in total. The molecule has 0 unspecified atom stereocenters. The van der Waals surface area contributed by atoms with Crippen LogP contribution in [0.2, 0.25) is 0 Å². The van der Waals surface area contributed by atoms with Crippen LogP contribution in [0.5, 0.6) is 0 Å². The summed E-state index contributed by atoms with van der Waals surface area (Å²) in [4.78, 5) is 0. The minimum atomic E-state index is -0.333. The van der Waals surface area contributed by atoms with Crippen molar-refractivity contribution in [2.45, 2.75) is 6.54 Å². The Morgan fingerprint density at radius 3 is 2.71 bits per heavy atom. The predicted octanol–water partition coefficient (Wildman–Crippen LogP) is 3.78. The molecule has 0 spiro atoms. The van der Waals surface area contributed by atoms with E-state index >= 15 is 0 Å². The minimum absolute atomic E-state index is 0.333. The van der Waals surface area contributed by atoms with Gasteiger partial charge in [-0.05, 0) is 35.9 Å². The summed E-state index contributed by atoms with van der Waals surface area (Å²) in [5.74, 6) is -0.333. The molecule has 2 aromatic carbocycles. The van der Waals surface area contributed by atoms with Crippen LogP contribution in [0.4, 0.5) is 15.8 Å². The average Bonchev–Trinajstić information content (AvgIpc) is 2.28. The molecule has 4 heteroatoms. The molecule has 0 aromatic heterocycles. The molecule has 0 saturated heterocycles. The molecular weight excluding hydrogens is 283 g/mol. The highest BCUT2D eigenvalue weighted by Crippen LogP contribution is 2.18. The van der Waals surface area contributed by atoms with Crippen LogP contribution in [0.15, 0.2) is 46.9 Å². The summed E-state index contributed by atoms with van der Waals surface area (Å²) in [6.07, 6.45) is 0. The Bertz CT molecular complexity index is 529. The summed E-state index contributed by atoms with van der Waals surface area (Å²) in [7, 11) is 0. The summed E-state index contributed by atoms with van der Waals surface area (Å²) >= 11 is 3.39. The van der Waals surface area contributed by atoms with Crippen LogP contribution < -0.4 is 11.1 Å². The molecule has 2 nitrogen and oxygen atoms in total. The molecule has 0 radical (unpaired) electrons. The Kier molecular flexibility index (Phi) is 3.64. The molecule has 88 valence electrons. The number of hydrogen-bond donors (Lipinski definition) is 2. The van der Waals surface area contributed by atoms with Gasteiger partial charge in [0.05, 0.1) is 5.69 Å². The lowest BCUT2D eigenvalue weighted by Crippen LogP contribution is -2.01. The summed E-state index contributed by atoms with van der Waals surface area (Å²) in [6, 6.07) is 12.5. The van der Waals surface area contributed by atoms with Gasteiger partial charge in [-0.3, -0.25) is 0 Å². The molecule has 0 heterocycles. The van der Waals surface area contributed by atoms with E-state index in [9.17, 15) is 4.39 Å². The number of benzene rings is 2. The van der Waals surface area contributed by atoms with E-state index < -0.39 is 0 Å². The summed E-state index contributed by atoms with van der Waals surface area (Å²) in [5, 5.41) is 3.03. The fourth-order valence-corrected chi connectivity index (χ4v) is 1.97. The topological polar surface area (TPSA) is 38.0 Å². The van der Waals surface area contributed by atoms with E-state index in [4.69, 9.17) is 5.73 Å². The normalized spacial score (nSPS) is 10.2. The average molecular weight is 295 g/mol. The molecule has 0 saturated carbocycles. The molecule has 2 aromatic rings. The molecule has 0 aliphatic heterocycles. The molecule has 17 heavy (non-hydrogen) atoms. The molecular formula is C13H12BrFN2. The lowest BCUT2D eigenvalue weighted by atomic mass is 10.2. The van der Waals surface area contributed by atoms with Crippen molar-refractivity contribution >= 4 is 27.3 Å². The maximum Gasteiger partial charge on any atom is 0.148 e. The monoisotopic (exact) mass is 294 g/mol. The zero-order chi connectivity index (χ0) is 12.3. The molecule has 0 fully saturated rings. The van der Waals surface area contributed by atoms with Crippen molar-refractivity contribution < 1.29 is 4.39 Å².